The summed E-state index contributed by atoms with van der Waals surface area (Å²) in [6.07, 6.45) is 5.00. The van der Waals surface area contributed by atoms with Gasteiger partial charge >= 0.3 is 0 Å². The van der Waals surface area contributed by atoms with Gasteiger partial charge < -0.3 is 11.5 Å². The van der Waals surface area contributed by atoms with E-state index >= 15 is 0 Å². The highest BCUT2D eigenvalue weighted by Crippen LogP contribution is 1.92. The van der Waals surface area contributed by atoms with Crippen LogP contribution in [0.3, 0.4) is 0 Å². The van der Waals surface area contributed by atoms with Crippen LogP contribution in [0, 0.1) is 13.8 Å². The van der Waals surface area contributed by atoms with Gasteiger partial charge in [0.25, 0.3) is 0 Å². The molecule has 0 unspecified atom stereocenters. The van der Waals surface area contributed by atoms with Gasteiger partial charge in [-0.05, 0) is 25.5 Å². The van der Waals surface area contributed by atoms with Crippen molar-refractivity contribution in [2.45, 2.75) is 13.8 Å². The second-order valence-corrected chi connectivity index (χ2v) is 3.17. The monoisotopic (exact) mass is 218 g/mol. The average molecular weight is 218 g/mol. The lowest BCUT2D eigenvalue weighted by molar-refractivity contribution is 1.12. The van der Waals surface area contributed by atoms with E-state index in [4.69, 9.17) is 11.5 Å². The Morgan fingerprint density at radius 2 is 1.56 bits per heavy atom. The summed E-state index contributed by atoms with van der Waals surface area (Å²) in [5.41, 5.74) is 12.4. The van der Waals surface area contributed by atoms with Gasteiger partial charge in [-0.1, -0.05) is 0 Å². The molecule has 2 rings (SSSR count). The topological polar surface area (TPSA) is 104 Å². The fraction of sp³-hybridized carbons (Fsp3) is 0.200. The summed E-state index contributed by atoms with van der Waals surface area (Å²) in [5, 5.41) is 0. The minimum atomic E-state index is 0.329. The minimum Gasteiger partial charge on any atom is -0.368 e. The SMILES string of the molecule is Cc1ccnc(N)n1.Cc1cnc(N)nc1. The molecule has 2 aromatic heterocycles. The van der Waals surface area contributed by atoms with E-state index in [0.29, 0.717) is 11.9 Å². The van der Waals surface area contributed by atoms with Crippen LogP contribution < -0.4 is 11.5 Å². The van der Waals surface area contributed by atoms with E-state index in [1.165, 1.54) is 0 Å². The molecule has 2 heterocycles. The Morgan fingerprint density at radius 3 is 1.94 bits per heavy atom. The number of hydrogen-bond acceptors (Lipinski definition) is 6. The highest BCUT2D eigenvalue weighted by atomic mass is 15.0. The predicted octanol–water partition coefficient (Wildman–Crippen LogP) is 0.734. The van der Waals surface area contributed by atoms with Crippen molar-refractivity contribution < 1.29 is 0 Å². The highest BCUT2D eigenvalue weighted by Gasteiger charge is 1.84. The van der Waals surface area contributed by atoms with Gasteiger partial charge in [0.15, 0.2) is 0 Å². The largest absolute Gasteiger partial charge is 0.368 e. The molecule has 0 aromatic carbocycles. The summed E-state index contributed by atoms with van der Waals surface area (Å²) in [7, 11) is 0. The maximum absolute atomic E-state index is 5.24. The molecule has 0 amide bonds. The van der Waals surface area contributed by atoms with Gasteiger partial charge in [-0.3, -0.25) is 0 Å². The van der Waals surface area contributed by atoms with Gasteiger partial charge in [-0.2, -0.15) is 0 Å². The van der Waals surface area contributed by atoms with Gasteiger partial charge in [-0.15, -0.1) is 0 Å². The first-order valence-corrected chi connectivity index (χ1v) is 4.67. The zero-order valence-corrected chi connectivity index (χ0v) is 9.25. The van der Waals surface area contributed by atoms with Crippen molar-refractivity contribution in [3.05, 3.63) is 35.9 Å². The Hall–Kier alpha value is -2.24. The number of aryl methyl sites for hydroxylation is 2. The zero-order valence-electron chi connectivity index (χ0n) is 9.25. The van der Waals surface area contributed by atoms with E-state index in [9.17, 15) is 0 Å². The number of nitrogens with zero attached hydrogens (tertiary/aromatic N) is 4. The summed E-state index contributed by atoms with van der Waals surface area (Å²) in [6, 6.07) is 1.80. The van der Waals surface area contributed by atoms with Crippen molar-refractivity contribution in [1.29, 1.82) is 0 Å². The molecule has 0 aliphatic heterocycles. The number of anilines is 2. The smallest absolute Gasteiger partial charge is 0.220 e. The van der Waals surface area contributed by atoms with Gasteiger partial charge in [-0.25, -0.2) is 19.9 Å². The minimum absolute atomic E-state index is 0.329. The van der Waals surface area contributed by atoms with Crippen LogP contribution in [0.4, 0.5) is 11.9 Å². The molecular weight excluding hydrogens is 204 g/mol. The fourth-order valence-corrected chi connectivity index (χ4v) is 0.871. The maximum Gasteiger partial charge on any atom is 0.220 e. The van der Waals surface area contributed by atoms with Gasteiger partial charge in [0.2, 0.25) is 11.9 Å². The number of nitrogens with two attached hydrogens (primary N) is 2. The molecule has 0 aliphatic rings. The predicted molar refractivity (Wildman–Crippen MR) is 62.4 cm³/mol. The van der Waals surface area contributed by atoms with Crippen LogP contribution in [0.1, 0.15) is 11.3 Å². The Kier molecular flexibility index (Phi) is 4.14. The Balaban J connectivity index is 0.000000160. The van der Waals surface area contributed by atoms with Crippen LogP contribution >= 0.6 is 0 Å². The fourth-order valence-electron chi connectivity index (χ4n) is 0.871. The van der Waals surface area contributed by atoms with Crippen LogP contribution in [0.15, 0.2) is 24.7 Å². The second kappa shape index (κ2) is 5.59. The van der Waals surface area contributed by atoms with Crippen molar-refractivity contribution in [3.8, 4) is 0 Å². The van der Waals surface area contributed by atoms with Gasteiger partial charge in [0.05, 0.1) is 0 Å². The van der Waals surface area contributed by atoms with Crippen LogP contribution in [0.5, 0.6) is 0 Å². The van der Waals surface area contributed by atoms with Crippen molar-refractivity contribution in [3.63, 3.8) is 0 Å². The Morgan fingerprint density at radius 1 is 0.938 bits per heavy atom. The lowest BCUT2D eigenvalue weighted by Gasteiger charge is -1.89. The third kappa shape index (κ3) is 4.32. The number of rotatable bonds is 0. The summed E-state index contributed by atoms with van der Waals surface area (Å²) in [4.78, 5) is 15.0. The molecule has 0 radical (unpaired) electrons. The molecule has 0 atom stereocenters. The summed E-state index contributed by atoms with van der Waals surface area (Å²) < 4.78 is 0. The molecule has 6 nitrogen and oxygen atoms in total. The van der Waals surface area contributed by atoms with E-state index in [1.54, 1.807) is 24.7 Å². The molecule has 0 aliphatic carbocycles. The molecule has 2 aromatic rings. The first-order chi connectivity index (χ1) is 7.58. The van der Waals surface area contributed by atoms with Crippen molar-refractivity contribution in [2.24, 2.45) is 0 Å². The zero-order chi connectivity index (χ0) is 12.0. The molecule has 0 saturated heterocycles. The average Bonchev–Trinajstić information content (AvgIpc) is 2.23. The summed E-state index contributed by atoms with van der Waals surface area (Å²) >= 11 is 0. The standard InChI is InChI=1S/2C5H7N3/c1-4-2-7-5(6)8-3-4;1-4-2-3-7-5(6)8-4/h2*2-3H,1H3,(H2,6,7,8). The molecule has 6 heteroatoms. The second-order valence-electron chi connectivity index (χ2n) is 3.17. The lowest BCUT2D eigenvalue weighted by atomic mass is 10.4. The molecule has 0 saturated carbocycles. The maximum atomic E-state index is 5.24. The molecule has 4 N–H and O–H groups in total. The number of hydrogen-bond donors (Lipinski definition) is 2. The Bertz CT molecular complexity index is 401. The first kappa shape index (κ1) is 11.8. The number of nitrogen functional groups attached to an aromatic ring is 2. The molecule has 0 fully saturated rings. The number of aromatic nitrogens is 4. The van der Waals surface area contributed by atoms with Crippen LogP contribution in [-0.2, 0) is 0 Å². The van der Waals surface area contributed by atoms with Crippen LogP contribution in [0.2, 0.25) is 0 Å². The van der Waals surface area contributed by atoms with E-state index in [1.807, 2.05) is 13.8 Å². The third-order valence-corrected chi connectivity index (χ3v) is 1.61. The third-order valence-electron chi connectivity index (χ3n) is 1.61. The first-order valence-electron chi connectivity index (χ1n) is 4.67. The van der Waals surface area contributed by atoms with Gasteiger partial charge in [0, 0.05) is 24.3 Å². The van der Waals surface area contributed by atoms with Crippen LogP contribution in [0.25, 0.3) is 0 Å². The van der Waals surface area contributed by atoms with Crippen molar-refractivity contribution in [2.75, 3.05) is 11.5 Å². The Labute approximate surface area is 93.8 Å². The molecule has 84 valence electrons. The molecule has 0 bridgehead atoms. The molecule has 0 spiro atoms. The van der Waals surface area contributed by atoms with Crippen LogP contribution in [-0.4, -0.2) is 19.9 Å². The van der Waals surface area contributed by atoms with Crippen molar-refractivity contribution >= 4 is 11.9 Å². The quantitative estimate of drug-likeness (QED) is 0.675. The van der Waals surface area contributed by atoms with E-state index in [0.717, 1.165) is 11.3 Å². The van der Waals surface area contributed by atoms with E-state index < -0.39 is 0 Å². The normalized spacial score (nSPS) is 9.12. The van der Waals surface area contributed by atoms with E-state index in [-0.39, 0.29) is 0 Å². The lowest BCUT2D eigenvalue weighted by Crippen LogP contribution is -1.93. The summed E-state index contributed by atoms with van der Waals surface area (Å²) in [6.45, 7) is 3.79. The summed E-state index contributed by atoms with van der Waals surface area (Å²) in [5.74, 6) is 0.667. The highest BCUT2D eigenvalue weighted by molar-refractivity contribution is 5.16. The van der Waals surface area contributed by atoms with Gasteiger partial charge in [0.1, 0.15) is 0 Å². The molecule has 16 heavy (non-hydrogen) atoms. The molecular formula is C10H14N6. The van der Waals surface area contributed by atoms with E-state index in [2.05, 4.69) is 19.9 Å². The van der Waals surface area contributed by atoms with Crippen molar-refractivity contribution in [1.82, 2.24) is 19.9 Å².